The molecular weight excluding hydrogens is 817 g/mol. The van der Waals surface area contributed by atoms with Crippen LogP contribution in [0.25, 0.3) is 44.5 Å². The normalized spacial score (nSPS) is 13.8. The predicted octanol–water partition coefficient (Wildman–Crippen LogP) is 11.7. The minimum Gasteiger partial charge on any atom is -0.500 e. The van der Waals surface area contributed by atoms with Crippen LogP contribution in [-0.2, 0) is 26.5 Å². The quantitative estimate of drug-likeness (QED) is 0.118. The maximum Gasteiger partial charge on any atom is 0.120 e. The summed E-state index contributed by atoms with van der Waals surface area (Å²) in [6.07, 6.45) is 10.7. The molecule has 3 nitrogen and oxygen atoms in total. The molecule has 0 spiro atoms. The van der Waals surface area contributed by atoms with Gasteiger partial charge >= 0.3 is 0 Å². The van der Waals surface area contributed by atoms with Crippen LogP contribution in [0.15, 0.2) is 120 Å². The third-order valence-corrected chi connectivity index (χ3v) is 12.2. The molecular formula is C46H46IrN2OSi-2. The third kappa shape index (κ3) is 8.50. The Hall–Kier alpha value is -4.15. The topological polar surface area (TPSA) is 38.9 Å². The number of hydrogen-bond acceptors (Lipinski definition) is 3. The number of nitrogens with zero attached hydrogens (tertiary/aromatic N) is 2. The predicted molar refractivity (Wildman–Crippen MR) is 212 cm³/mol. The molecule has 261 valence electrons. The molecule has 0 aliphatic heterocycles. The fraction of sp³-hybridized carbons (Fsp3) is 0.261. The van der Waals surface area contributed by atoms with Gasteiger partial charge in [0.1, 0.15) is 5.58 Å². The minimum atomic E-state index is -1.48. The Morgan fingerprint density at radius 3 is 2.24 bits per heavy atom. The molecule has 8 rings (SSSR count). The summed E-state index contributed by atoms with van der Waals surface area (Å²) in [7, 11) is -1.48. The zero-order valence-corrected chi connectivity index (χ0v) is 33.7. The van der Waals surface area contributed by atoms with Crippen molar-refractivity contribution in [1.82, 2.24) is 9.97 Å². The van der Waals surface area contributed by atoms with Gasteiger partial charge in [-0.1, -0.05) is 131 Å². The van der Waals surface area contributed by atoms with Gasteiger partial charge in [-0.2, -0.15) is 0 Å². The fourth-order valence-electron chi connectivity index (χ4n) is 7.30. The fourth-order valence-corrected chi connectivity index (χ4v) is 8.91. The first-order chi connectivity index (χ1) is 24.2. The maximum absolute atomic E-state index is 5.90. The molecule has 7 aromatic rings. The van der Waals surface area contributed by atoms with Crippen molar-refractivity contribution in [2.45, 2.75) is 71.5 Å². The van der Waals surface area contributed by atoms with E-state index in [1.54, 1.807) is 0 Å². The summed E-state index contributed by atoms with van der Waals surface area (Å²) in [5, 5.41) is 3.72. The third-order valence-electron chi connectivity index (χ3n) is 10.2. The Labute approximate surface area is 317 Å². The Bertz CT molecular complexity index is 2210. The molecule has 3 heterocycles. The average Bonchev–Trinajstić information content (AvgIpc) is 3.79. The molecule has 0 saturated heterocycles. The second-order valence-electron chi connectivity index (χ2n) is 14.9. The van der Waals surface area contributed by atoms with Gasteiger partial charge in [-0.15, -0.1) is 59.2 Å². The summed E-state index contributed by atoms with van der Waals surface area (Å²) in [4.78, 5) is 9.38. The number of pyridine rings is 2. The van der Waals surface area contributed by atoms with Gasteiger partial charge in [-0.05, 0) is 52.2 Å². The zero-order chi connectivity index (χ0) is 34.7. The van der Waals surface area contributed by atoms with Crippen LogP contribution < -0.4 is 5.19 Å². The van der Waals surface area contributed by atoms with Gasteiger partial charge in [0.05, 0.1) is 13.7 Å². The average molecular weight is 863 g/mol. The largest absolute Gasteiger partial charge is 0.500 e. The Morgan fingerprint density at radius 2 is 1.49 bits per heavy atom. The van der Waals surface area contributed by atoms with Crippen molar-refractivity contribution in [3.05, 3.63) is 150 Å². The van der Waals surface area contributed by atoms with E-state index in [1.165, 1.54) is 59.5 Å². The van der Waals surface area contributed by atoms with E-state index < -0.39 is 8.07 Å². The molecule has 0 bridgehead atoms. The van der Waals surface area contributed by atoms with Gasteiger partial charge in [-0.3, -0.25) is 0 Å². The molecule has 1 radical (unpaired) electrons. The van der Waals surface area contributed by atoms with Gasteiger partial charge in [0, 0.05) is 43.8 Å². The summed E-state index contributed by atoms with van der Waals surface area (Å²) in [5.41, 5.74) is 11.3. The van der Waals surface area contributed by atoms with Crippen molar-refractivity contribution >= 4 is 35.2 Å². The van der Waals surface area contributed by atoms with Crippen LogP contribution in [0.1, 0.15) is 60.8 Å². The van der Waals surface area contributed by atoms with E-state index in [2.05, 4.69) is 130 Å². The van der Waals surface area contributed by atoms with E-state index in [-0.39, 0.29) is 20.1 Å². The zero-order valence-electron chi connectivity index (χ0n) is 30.3. The van der Waals surface area contributed by atoms with Crippen LogP contribution >= 0.6 is 0 Å². The van der Waals surface area contributed by atoms with Crippen molar-refractivity contribution in [2.75, 3.05) is 0 Å². The molecule has 51 heavy (non-hydrogen) atoms. The molecule has 1 atom stereocenters. The van der Waals surface area contributed by atoms with Gasteiger partial charge in [-0.25, -0.2) is 0 Å². The summed E-state index contributed by atoms with van der Waals surface area (Å²) in [6.45, 7) is 11.6. The number of fused-ring (bicyclic) bond motifs is 3. The van der Waals surface area contributed by atoms with Crippen LogP contribution in [0.5, 0.6) is 0 Å². The van der Waals surface area contributed by atoms with Crippen molar-refractivity contribution in [2.24, 2.45) is 5.92 Å². The minimum absolute atomic E-state index is 0. The van der Waals surface area contributed by atoms with Gasteiger partial charge in [0.15, 0.2) is 0 Å². The number of furan rings is 1. The van der Waals surface area contributed by atoms with Gasteiger partial charge in [0.2, 0.25) is 0 Å². The number of rotatable bonds is 7. The van der Waals surface area contributed by atoms with Crippen LogP contribution in [-0.4, -0.2) is 18.0 Å². The maximum atomic E-state index is 5.90. The van der Waals surface area contributed by atoms with Gasteiger partial charge < -0.3 is 14.4 Å². The molecule has 1 fully saturated rings. The van der Waals surface area contributed by atoms with E-state index in [1.807, 2.05) is 36.5 Å². The van der Waals surface area contributed by atoms with Crippen molar-refractivity contribution in [3.8, 4) is 22.5 Å². The second kappa shape index (κ2) is 16.0. The van der Waals surface area contributed by atoms with Crippen molar-refractivity contribution in [1.29, 1.82) is 0 Å². The van der Waals surface area contributed by atoms with Crippen molar-refractivity contribution < 1.29 is 24.5 Å². The summed E-state index contributed by atoms with van der Waals surface area (Å²) in [5.74, 6) is 1.20. The number of hydrogen-bond donors (Lipinski definition) is 0. The number of para-hydroxylation sites is 1. The van der Waals surface area contributed by atoms with Crippen LogP contribution in [0.4, 0.5) is 0 Å². The first-order valence-corrected chi connectivity index (χ1v) is 21.6. The molecule has 1 aliphatic rings. The summed E-state index contributed by atoms with van der Waals surface area (Å²) < 4.78 is 5.90. The summed E-state index contributed by atoms with van der Waals surface area (Å²) >= 11 is 0. The monoisotopic (exact) mass is 863 g/mol. The van der Waals surface area contributed by atoms with Gasteiger partial charge in [0.25, 0.3) is 0 Å². The van der Waals surface area contributed by atoms with E-state index >= 15 is 0 Å². The molecule has 1 aliphatic carbocycles. The Kier molecular flexibility index (Phi) is 11.5. The van der Waals surface area contributed by atoms with E-state index in [0.29, 0.717) is 5.92 Å². The van der Waals surface area contributed by atoms with Crippen LogP contribution in [0, 0.1) is 25.0 Å². The van der Waals surface area contributed by atoms with Crippen LogP contribution in [0.3, 0.4) is 0 Å². The number of aryl methyl sites for hydroxylation is 1. The standard InChI is InChI=1S/C23H20NO.C23H26NSi.Ir/c1-2-6-16(5-1)13-17-11-12-24-21(14-17)18-9-10-23-20(15-18)19-7-3-4-8-22(19)25-23;1-17-11-13-20(14-12-17)22-15-21(23(16-24-22)25(3,4)5)18(2)19-9-7-6-8-10-19;/h3-4,7-8,10-12,14-16H,1-2,5-6,13H2;6-13,15-16,18H,1-5H3;/q2*-1;. The van der Waals surface area contributed by atoms with Crippen LogP contribution in [0.2, 0.25) is 19.6 Å². The van der Waals surface area contributed by atoms with E-state index in [4.69, 9.17) is 9.40 Å². The first kappa shape index (κ1) is 36.6. The molecule has 0 N–H and O–H groups in total. The van der Waals surface area contributed by atoms with E-state index in [0.717, 1.165) is 50.4 Å². The second-order valence-corrected chi connectivity index (χ2v) is 20.0. The van der Waals surface area contributed by atoms with Crippen molar-refractivity contribution in [3.63, 3.8) is 0 Å². The first-order valence-electron chi connectivity index (χ1n) is 18.1. The molecule has 5 heteroatoms. The molecule has 1 unspecified atom stereocenters. The molecule has 4 aromatic carbocycles. The smallest absolute Gasteiger partial charge is 0.120 e. The summed E-state index contributed by atoms with van der Waals surface area (Å²) in [6, 6.07) is 42.7. The SMILES string of the molecule is Cc1c[c-]c(-c2cc(C(C)c3ccccc3)c([Si](C)(C)C)cn2)cc1.[Ir].[c-]1cc2oc3ccccc3c2cc1-c1cc(CC2CCCC2)ccn1. The molecule has 0 amide bonds. The Morgan fingerprint density at radius 1 is 0.765 bits per heavy atom. The number of benzene rings is 4. The molecule has 1 saturated carbocycles. The van der Waals surface area contributed by atoms with E-state index in [9.17, 15) is 0 Å². The molecule has 3 aromatic heterocycles. The Balaban J connectivity index is 0.000000172. The number of aromatic nitrogens is 2.